The van der Waals surface area contributed by atoms with Crippen molar-refractivity contribution in [3.05, 3.63) is 59.2 Å². The smallest absolute Gasteiger partial charge is 0.338 e. The summed E-state index contributed by atoms with van der Waals surface area (Å²) in [6.07, 6.45) is 2.17. The number of amides is 1. The van der Waals surface area contributed by atoms with Crippen LogP contribution in [0.4, 0.5) is 5.69 Å². The highest BCUT2D eigenvalue weighted by atomic mass is 16.5. The summed E-state index contributed by atoms with van der Waals surface area (Å²) < 4.78 is 15.9. The predicted octanol–water partition coefficient (Wildman–Crippen LogP) is 4.21. The Morgan fingerprint density at radius 1 is 1.13 bits per heavy atom. The van der Waals surface area contributed by atoms with E-state index in [0.717, 1.165) is 6.42 Å². The van der Waals surface area contributed by atoms with Crippen LogP contribution in [0, 0.1) is 11.3 Å². The van der Waals surface area contributed by atoms with Crippen molar-refractivity contribution in [1.29, 1.82) is 5.26 Å². The quantitative estimate of drug-likeness (QED) is 0.379. The Labute approximate surface area is 175 Å². The largest absolute Gasteiger partial charge is 0.493 e. The van der Waals surface area contributed by atoms with E-state index >= 15 is 0 Å². The van der Waals surface area contributed by atoms with Gasteiger partial charge < -0.3 is 19.5 Å². The second kappa shape index (κ2) is 11.3. The van der Waals surface area contributed by atoms with Gasteiger partial charge in [0.15, 0.2) is 11.5 Å². The molecule has 0 aliphatic carbocycles. The number of carbonyl (C=O) groups is 2. The van der Waals surface area contributed by atoms with E-state index in [2.05, 4.69) is 5.32 Å². The molecular formula is C23H24N2O5. The molecule has 0 aliphatic rings. The van der Waals surface area contributed by atoms with Gasteiger partial charge in [-0.1, -0.05) is 19.1 Å². The first-order valence-corrected chi connectivity index (χ1v) is 9.53. The number of hydrogen-bond acceptors (Lipinski definition) is 6. The van der Waals surface area contributed by atoms with Crippen LogP contribution in [0.25, 0.3) is 6.08 Å². The molecule has 0 aliphatic heterocycles. The summed E-state index contributed by atoms with van der Waals surface area (Å²) in [5.41, 5.74) is 1.22. The summed E-state index contributed by atoms with van der Waals surface area (Å²) in [6.45, 7) is 4.58. The van der Waals surface area contributed by atoms with Gasteiger partial charge in [-0.05, 0) is 55.3 Å². The van der Waals surface area contributed by atoms with Gasteiger partial charge in [0.05, 0.1) is 25.9 Å². The van der Waals surface area contributed by atoms with Crippen LogP contribution >= 0.6 is 0 Å². The SMILES string of the molecule is CCCOC(=O)c1cccc(NC(=O)/C(C#N)=C/c2ccc(OCC)c(OC)c2)c1. The summed E-state index contributed by atoms with van der Waals surface area (Å²) >= 11 is 0. The van der Waals surface area contributed by atoms with Crippen LogP contribution in [0.15, 0.2) is 48.0 Å². The summed E-state index contributed by atoms with van der Waals surface area (Å²) in [5, 5.41) is 12.1. The van der Waals surface area contributed by atoms with Crippen LogP contribution < -0.4 is 14.8 Å². The molecular weight excluding hydrogens is 384 g/mol. The number of nitrogens with zero attached hydrogens (tertiary/aromatic N) is 1. The molecule has 7 nitrogen and oxygen atoms in total. The van der Waals surface area contributed by atoms with Crippen molar-refractivity contribution < 1.29 is 23.8 Å². The molecule has 2 aromatic rings. The number of esters is 1. The third kappa shape index (κ3) is 6.11. The van der Waals surface area contributed by atoms with Gasteiger partial charge in [0.25, 0.3) is 5.91 Å². The van der Waals surface area contributed by atoms with Gasteiger partial charge in [-0.25, -0.2) is 4.79 Å². The summed E-state index contributed by atoms with van der Waals surface area (Å²) in [4.78, 5) is 24.5. The molecule has 0 fully saturated rings. The molecule has 0 saturated carbocycles. The Morgan fingerprint density at radius 2 is 1.93 bits per heavy atom. The van der Waals surface area contributed by atoms with Crippen LogP contribution in [0.5, 0.6) is 11.5 Å². The minimum absolute atomic E-state index is 0.0971. The number of rotatable bonds is 9. The molecule has 1 N–H and O–H groups in total. The number of anilines is 1. The second-order valence-electron chi connectivity index (χ2n) is 6.18. The Balaban J connectivity index is 2.19. The topological polar surface area (TPSA) is 97.7 Å². The van der Waals surface area contributed by atoms with Gasteiger partial charge in [0.1, 0.15) is 11.6 Å². The summed E-state index contributed by atoms with van der Waals surface area (Å²) in [7, 11) is 1.52. The number of benzene rings is 2. The molecule has 0 spiro atoms. The number of carbonyl (C=O) groups excluding carboxylic acids is 2. The predicted molar refractivity (Wildman–Crippen MR) is 113 cm³/mol. The monoisotopic (exact) mass is 408 g/mol. The zero-order chi connectivity index (χ0) is 21.9. The lowest BCUT2D eigenvalue weighted by atomic mass is 10.1. The van der Waals surface area contributed by atoms with Crippen molar-refractivity contribution in [2.24, 2.45) is 0 Å². The second-order valence-corrected chi connectivity index (χ2v) is 6.18. The molecule has 1 amide bonds. The molecule has 0 saturated heterocycles. The molecule has 7 heteroatoms. The normalized spacial score (nSPS) is 10.7. The van der Waals surface area contributed by atoms with Crippen molar-refractivity contribution in [3.63, 3.8) is 0 Å². The molecule has 0 bridgehead atoms. The van der Waals surface area contributed by atoms with E-state index in [1.54, 1.807) is 36.4 Å². The number of hydrogen-bond donors (Lipinski definition) is 1. The zero-order valence-corrected chi connectivity index (χ0v) is 17.2. The lowest BCUT2D eigenvalue weighted by molar-refractivity contribution is -0.112. The van der Waals surface area contributed by atoms with E-state index in [4.69, 9.17) is 14.2 Å². The van der Waals surface area contributed by atoms with E-state index in [1.807, 2.05) is 19.9 Å². The van der Waals surface area contributed by atoms with E-state index in [1.165, 1.54) is 19.3 Å². The third-order valence-electron chi connectivity index (χ3n) is 3.96. The lowest BCUT2D eigenvalue weighted by Gasteiger charge is -2.10. The maximum Gasteiger partial charge on any atom is 0.338 e. The van der Waals surface area contributed by atoms with Gasteiger partial charge in [-0.2, -0.15) is 5.26 Å². The molecule has 0 aromatic heterocycles. The van der Waals surface area contributed by atoms with Crippen LogP contribution in [-0.2, 0) is 9.53 Å². The van der Waals surface area contributed by atoms with E-state index in [-0.39, 0.29) is 5.57 Å². The van der Waals surface area contributed by atoms with Crippen molar-refractivity contribution in [3.8, 4) is 17.6 Å². The van der Waals surface area contributed by atoms with Crippen molar-refractivity contribution in [2.75, 3.05) is 25.6 Å². The number of methoxy groups -OCH3 is 1. The Morgan fingerprint density at radius 3 is 2.60 bits per heavy atom. The number of nitriles is 1. The fraction of sp³-hybridized carbons (Fsp3) is 0.261. The maximum atomic E-state index is 12.6. The maximum absolute atomic E-state index is 12.6. The number of nitrogens with one attached hydrogen (secondary N) is 1. The fourth-order valence-corrected chi connectivity index (χ4v) is 2.56. The first kappa shape index (κ1) is 22.5. The molecule has 156 valence electrons. The van der Waals surface area contributed by atoms with Crippen molar-refractivity contribution in [1.82, 2.24) is 0 Å². The Bertz CT molecular complexity index is 976. The fourth-order valence-electron chi connectivity index (χ4n) is 2.56. The van der Waals surface area contributed by atoms with Crippen LogP contribution in [0.3, 0.4) is 0 Å². The highest BCUT2D eigenvalue weighted by molar-refractivity contribution is 6.10. The molecule has 0 unspecified atom stereocenters. The zero-order valence-electron chi connectivity index (χ0n) is 17.2. The van der Waals surface area contributed by atoms with Gasteiger partial charge in [0, 0.05) is 5.69 Å². The van der Waals surface area contributed by atoms with Crippen LogP contribution in [0.2, 0.25) is 0 Å². The lowest BCUT2D eigenvalue weighted by Crippen LogP contribution is -2.14. The third-order valence-corrected chi connectivity index (χ3v) is 3.96. The van der Waals surface area contributed by atoms with Crippen molar-refractivity contribution in [2.45, 2.75) is 20.3 Å². The summed E-state index contributed by atoms with van der Waals surface area (Å²) in [6, 6.07) is 13.4. The highest BCUT2D eigenvalue weighted by Gasteiger charge is 2.13. The average Bonchev–Trinajstić information content (AvgIpc) is 2.76. The first-order chi connectivity index (χ1) is 14.5. The van der Waals surface area contributed by atoms with E-state index in [0.29, 0.717) is 41.5 Å². The summed E-state index contributed by atoms with van der Waals surface area (Å²) in [5.74, 6) is 0.0170. The number of ether oxygens (including phenoxy) is 3. The Hall–Kier alpha value is -3.79. The molecule has 2 rings (SSSR count). The molecule has 2 aromatic carbocycles. The van der Waals surface area contributed by atoms with E-state index < -0.39 is 11.9 Å². The van der Waals surface area contributed by atoms with Crippen molar-refractivity contribution >= 4 is 23.6 Å². The standard InChI is InChI=1S/C23H24N2O5/c1-4-11-30-23(27)17-7-6-8-19(14-17)25-22(26)18(15-24)12-16-9-10-20(29-5-2)21(13-16)28-3/h6-10,12-14H,4-5,11H2,1-3H3,(H,25,26)/b18-12+. The minimum Gasteiger partial charge on any atom is -0.493 e. The molecule has 0 heterocycles. The van der Waals surface area contributed by atoms with Gasteiger partial charge in [-0.15, -0.1) is 0 Å². The van der Waals surface area contributed by atoms with Gasteiger partial charge in [0.2, 0.25) is 0 Å². The first-order valence-electron chi connectivity index (χ1n) is 9.53. The average molecular weight is 408 g/mol. The minimum atomic E-state index is -0.593. The highest BCUT2D eigenvalue weighted by Crippen LogP contribution is 2.29. The Kier molecular flexibility index (Phi) is 8.45. The molecule has 0 radical (unpaired) electrons. The van der Waals surface area contributed by atoms with Crippen LogP contribution in [0.1, 0.15) is 36.2 Å². The van der Waals surface area contributed by atoms with Gasteiger partial charge in [-0.3, -0.25) is 4.79 Å². The van der Waals surface area contributed by atoms with Gasteiger partial charge >= 0.3 is 5.97 Å². The molecule has 30 heavy (non-hydrogen) atoms. The van der Waals surface area contributed by atoms with E-state index in [9.17, 15) is 14.9 Å². The molecule has 0 atom stereocenters. The van der Waals surface area contributed by atoms with Crippen LogP contribution in [-0.4, -0.2) is 32.2 Å².